The number of nitrogens with zero attached hydrogens (tertiary/aromatic N) is 1. The van der Waals surface area contributed by atoms with Crippen LogP contribution in [0.1, 0.15) is 39.5 Å². The topological polar surface area (TPSA) is 23.8 Å². The first-order chi connectivity index (χ1) is 5.76. The summed E-state index contributed by atoms with van der Waals surface area (Å²) in [5.74, 6) is 0. The van der Waals surface area contributed by atoms with Gasteiger partial charge in [-0.15, -0.1) is 0 Å². The van der Waals surface area contributed by atoms with Crippen LogP contribution in [-0.4, -0.2) is 0 Å². The molecule has 0 saturated carbocycles. The summed E-state index contributed by atoms with van der Waals surface area (Å²) in [6.45, 7) is 8.08. The highest BCUT2D eigenvalue weighted by Crippen LogP contribution is 2.13. The predicted octanol–water partition coefficient (Wildman–Crippen LogP) is 3.59. The molecule has 0 aliphatic heterocycles. The zero-order valence-corrected chi connectivity index (χ0v) is 8.06. The Balaban J connectivity index is 4.16. The molecule has 0 fully saturated rings. The quantitative estimate of drug-likeness (QED) is 0.449. The number of hydrogen-bond acceptors (Lipinski definition) is 1. The van der Waals surface area contributed by atoms with Gasteiger partial charge in [0.2, 0.25) is 0 Å². The summed E-state index contributed by atoms with van der Waals surface area (Å²) in [7, 11) is 0. The summed E-state index contributed by atoms with van der Waals surface area (Å²) in [5, 5.41) is 8.77. The molecule has 0 spiro atoms. The lowest BCUT2D eigenvalue weighted by Crippen LogP contribution is -1.85. The maximum atomic E-state index is 8.77. The summed E-state index contributed by atoms with van der Waals surface area (Å²) < 4.78 is 0. The van der Waals surface area contributed by atoms with Gasteiger partial charge in [-0.1, -0.05) is 39.3 Å². The fourth-order valence-corrected chi connectivity index (χ4v) is 0.994. The van der Waals surface area contributed by atoms with Crippen LogP contribution in [-0.2, 0) is 0 Å². The van der Waals surface area contributed by atoms with Gasteiger partial charge in [0.05, 0.1) is 11.6 Å². The second kappa shape index (κ2) is 6.67. The molecule has 0 N–H and O–H groups in total. The molecule has 0 aromatic rings. The number of allylic oxidation sites excluding steroid dienone is 3. The van der Waals surface area contributed by atoms with Crippen molar-refractivity contribution in [3.8, 4) is 6.07 Å². The maximum Gasteiger partial charge on any atom is 0.0990 e. The molecule has 0 radical (unpaired) electrons. The standard InChI is InChI=1S/C11H17N/c1-4-6-8-11(9-12)10(3)7-5-2/h8H,3-7H2,1-2H3/b11-8+. The number of nitriles is 1. The fourth-order valence-electron chi connectivity index (χ4n) is 0.994. The Labute approximate surface area is 75.4 Å². The van der Waals surface area contributed by atoms with Gasteiger partial charge in [-0.2, -0.15) is 5.26 Å². The van der Waals surface area contributed by atoms with Crippen LogP contribution >= 0.6 is 0 Å². The Hall–Kier alpha value is -1.03. The predicted molar refractivity (Wildman–Crippen MR) is 52.7 cm³/mol. The molecule has 12 heavy (non-hydrogen) atoms. The smallest absolute Gasteiger partial charge is 0.0990 e. The minimum atomic E-state index is 0.777. The van der Waals surface area contributed by atoms with E-state index in [4.69, 9.17) is 5.26 Å². The first-order valence-corrected chi connectivity index (χ1v) is 4.54. The van der Waals surface area contributed by atoms with E-state index in [0.717, 1.165) is 36.8 Å². The van der Waals surface area contributed by atoms with Crippen LogP contribution < -0.4 is 0 Å². The molecule has 0 bridgehead atoms. The summed E-state index contributed by atoms with van der Waals surface area (Å²) in [5.41, 5.74) is 1.76. The molecule has 66 valence electrons. The van der Waals surface area contributed by atoms with E-state index in [2.05, 4.69) is 26.5 Å². The van der Waals surface area contributed by atoms with Gasteiger partial charge in [0.25, 0.3) is 0 Å². The number of hydrogen-bond donors (Lipinski definition) is 0. The van der Waals surface area contributed by atoms with E-state index in [0.29, 0.717) is 0 Å². The van der Waals surface area contributed by atoms with E-state index in [1.54, 1.807) is 0 Å². The van der Waals surface area contributed by atoms with E-state index < -0.39 is 0 Å². The normalized spacial score (nSPS) is 10.9. The van der Waals surface area contributed by atoms with Crippen LogP contribution in [0.15, 0.2) is 23.8 Å². The minimum absolute atomic E-state index is 0.777. The summed E-state index contributed by atoms with van der Waals surface area (Å²) in [4.78, 5) is 0. The van der Waals surface area contributed by atoms with Crippen molar-refractivity contribution in [1.82, 2.24) is 0 Å². The third-order valence-electron chi connectivity index (χ3n) is 1.69. The van der Waals surface area contributed by atoms with Gasteiger partial charge in [-0.05, 0) is 18.4 Å². The number of rotatable bonds is 5. The van der Waals surface area contributed by atoms with Gasteiger partial charge < -0.3 is 0 Å². The van der Waals surface area contributed by atoms with Crippen molar-refractivity contribution in [3.05, 3.63) is 23.8 Å². The van der Waals surface area contributed by atoms with E-state index in [1.807, 2.05) is 6.08 Å². The summed E-state index contributed by atoms with van der Waals surface area (Å²) >= 11 is 0. The maximum absolute atomic E-state index is 8.77. The van der Waals surface area contributed by atoms with E-state index in [-0.39, 0.29) is 0 Å². The molecule has 0 heterocycles. The molecule has 0 unspecified atom stereocenters. The second-order valence-corrected chi connectivity index (χ2v) is 2.87. The summed E-state index contributed by atoms with van der Waals surface area (Å²) in [6, 6.07) is 2.18. The SMILES string of the molecule is C=C(CCC)/C(C#N)=C/CCC. The zero-order valence-electron chi connectivity index (χ0n) is 8.06. The fraction of sp³-hybridized carbons (Fsp3) is 0.545. The van der Waals surface area contributed by atoms with E-state index in [9.17, 15) is 0 Å². The van der Waals surface area contributed by atoms with Gasteiger partial charge in [0.1, 0.15) is 0 Å². The van der Waals surface area contributed by atoms with Gasteiger partial charge >= 0.3 is 0 Å². The molecule has 1 nitrogen and oxygen atoms in total. The van der Waals surface area contributed by atoms with Crippen molar-refractivity contribution in [1.29, 1.82) is 5.26 Å². The Morgan fingerprint density at radius 3 is 2.50 bits per heavy atom. The van der Waals surface area contributed by atoms with Gasteiger partial charge in [-0.3, -0.25) is 0 Å². The largest absolute Gasteiger partial charge is 0.192 e. The second-order valence-electron chi connectivity index (χ2n) is 2.87. The van der Waals surface area contributed by atoms with Crippen LogP contribution in [0.5, 0.6) is 0 Å². The molecular formula is C11H17N. The van der Waals surface area contributed by atoms with Crippen LogP contribution in [0.4, 0.5) is 0 Å². The lowest BCUT2D eigenvalue weighted by atomic mass is 10.0. The monoisotopic (exact) mass is 163 g/mol. The Morgan fingerprint density at radius 1 is 1.42 bits per heavy atom. The molecule has 0 aliphatic carbocycles. The molecular weight excluding hydrogens is 146 g/mol. The Kier molecular flexibility index (Phi) is 6.09. The van der Waals surface area contributed by atoms with Crippen LogP contribution in [0.2, 0.25) is 0 Å². The van der Waals surface area contributed by atoms with E-state index >= 15 is 0 Å². The van der Waals surface area contributed by atoms with Gasteiger partial charge in [0, 0.05) is 0 Å². The lowest BCUT2D eigenvalue weighted by molar-refractivity contribution is 0.910. The molecule has 0 saturated heterocycles. The molecule has 0 aromatic heterocycles. The van der Waals surface area contributed by atoms with Gasteiger partial charge in [0.15, 0.2) is 0 Å². The van der Waals surface area contributed by atoms with Crippen LogP contribution in [0.25, 0.3) is 0 Å². The first-order valence-electron chi connectivity index (χ1n) is 4.54. The van der Waals surface area contributed by atoms with Crippen molar-refractivity contribution in [3.63, 3.8) is 0 Å². The minimum Gasteiger partial charge on any atom is -0.192 e. The third kappa shape index (κ3) is 3.98. The van der Waals surface area contributed by atoms with E-state index in [1.165, 1.54) is 0 Å². The van der Waals surface area contributed by atoms with Crippen LogP contribution in [0.3, 0.4) is 0 Å². The molecule has 1 heteroatoms. The third-order valence-corrected chi connectivity index (χ3v) is 1.69. The van der Waals surface area contributed by atoms with Crippen molar-refractivity contribution in [2.24, 2.45) is 0 Å². The van der Waals surface area contributed by atoms with Crippen LogP contribution in [0, 0.1) is 11.3 Å². The van der Waals surface area contributed by atoms with Crippen molar-refractivity contribution in [2.45, 2.75) is 39.5 Å². The highest BCUT2D eigenvalue weighted by molar-refractivity contribution is 5.39. The zero-order chi connectivity index (χ0) is 9.40. The average molecular weight is 163 g/mol. The molecule has 0 rings (SSSR count). The Morgan fingerprint density at radius 2 is 2.08 bits per heavy atom. The average Bonchev–Trinajstić information content (AvgIpc) is 2.06. The Bertz CT molecular complexity index is 206. The lowest BCUT2D eigenvalue weighted by Gasteiger charge is -2.00. The molecule has 0 aromatic carbocycles. The highest BCUT2D eigenvalue weighted by atomic mass is 14.2. The van der Waals surface area contributed by atoms with Crippen molar-refractivity contribution >= 4 is 0 Å². The number of unbranched alkanes of at least 4 members (excludes halogenated alkanes) is 1. The van der Waals surface area contributed by atoms with Crippen molar-refractivity contribution < 1.29 is 0 Å². The highest BCUT2D eigenvalue weighted by Gasteiger charge is 1.98. The first kappa shape index (κ1) is 11.0. The molecule has 0 aliphatic rings. The van der Waals surface area contributed by atoms with Gasteiger partial charge in [-0.25, -0.2) is 0 Å². The summed E-state index contributed by atoms with van der Waals surface area (Å²) in [6.07, 6.45) is 6.04. The molecule has 0 atom stereocenters. The van der Waals surface area contributed by atoms with Crippen molar-refractivity contribution in [2.75, 3.05) is 0 Å². The molecule has 0 amide bonds.